The van der Waals surface area contributed by atoms with E-state index in [4.69, 9.17) is 0 Å². The van der Waals surface area contributed by atoms with Crippen molar-refractivity contribution in [2.45, 2.75) is 12.3 Å². The number of rotatable bonds is 1. The van der Waals surface area contributed by atoms with E-state index in [0.29, 0.717) is 5.92 Å². The Kier molecular flexibility index (Phi) is 2.31. The molecule has 1 fully saturated rings. The van der Waals surface area contributed by atoms with Crippen molar-refractivity contribution >= 4 is 22.9 Å². The quantitative estimate of drug-likeness (QED) is 0.566. The van der Waals surface area contributed by atoms with E-state index in [1.165, 1.54) is 6.42 Å². The van der Waals surface area contributed by atoms with Gasteiger partial charge in [0.1, 0.15) is 12.2 Å². The van der Waals surface area contributed by atoms with Crippen LogP contribution in [0.15, 0.2) is 6.33 Å². The lowest BCUT2D eigenvalue weighted by Crippen LogP contribution is -2.09. The summed E-state index contributed by atoms with van der Waals surface area (Å²) in [7, 11) is 2.01. The standard InChI is InChI=1S/C7H11IN4/c1-11-5-9-10-7(11)6-2-3-12(8)4-6/h5-6H,2-4H2,1H3. The first kappa shape index (κ1) is 8.43. The van der Waals surface area contributed by atoms with E-state index in [1.807, 2.05) is 11.6 Å². The minimum Gasteiger partial charge on any atom is -0.320 e. The molecular weight excluding hydrogens is 267 g/mol. The number of hydrogen-bond acceptors (Lipinski definition) is 3. The minimum atomic E-state index is 0.578. The molecule has 2 heterocycles. The molecule has 0 bridgehead atoms. The van der Waals surface area contributed by atoms with Gasteiger partial charge < -0.3 is 4.57 Å². The second kappa shape index (κ2) is 3.29. The highest BCUT2D eigenvalue weighted by Gasteiger charge is 2.25. The predicted molar refractivity (Wildman–Crippen MR) is 54.0 cm³/mol. The lowest BCUT2D eigenvalue weighted by Gasteiger charge is -2.07. The van der Waals surface area contributed by atoms with Crippen molar-refractivity contribution < 1.29 is 0 Å². The van der Waals surface area contributed by atoms with Crippen molar-refractivity contribution in [2.75, 3.05) is 13.1 Å². The monoisotopic (exact) mass is 278 g/mol. The SMILES string of the molecule is Cn1cnnc1C1CCN(I)C1. The Hall–Kier alpha value is -0.170. The van der Waals surface area contributed by atoms with E-state index < -0.39 is 0 Å². The van der Waals surface area contributed by atoms with Gasteiger partial charge in [-0.15, -0.1) is 10.2 Å². The highest BCUT2D eigenvalue weighted by Crippen LogP contribution is 2.26. The second-order valence-electron chi connectivity index (χ2n) is 3.15. The van der Waals surface area contributed by atoms with Gasteiger partial charge in [-0.2, -0.15) is 0 Å². The van der Waals surface area contributed by atoms with E-state index in [0.717, 1.165) is 18.9 Å². The van der Waals surface area contributed by atoms with Crippen LogP contribution >= 0.6 is 22.9 Å². The maximum Gasteiger partial charge on any atom is 0.137 e. The highest BCUT2D eigenvalue weighted by molar-refractivity contribution is 14.1. The highest BCUT2D eigenvalue weighted by atomic mass is 127. The van der Waals surface area contributed by atoms with E-state index in [9.17, 15) is 0 Å². The fourth-order valence-corrected chi connectivity index (χ4v) is 2.34. The zero-order valence-electron chi connectivity index (χ0n) is 6.94. The largest absolute Gasteiger partial charge is 0.320 e. The summed E-state index contributed by atoms with van der Waals surface area (Å²) in [5, 5.41) is 8.00. The molecule has 0 spiro atoms. The molecule has 4 nitrogen and oxygen atoms in total. The molecule has 1 aliphatic heterocycles. The molecule has 0 N–H and O–H groups in total. The molecule has 0 amide bonds. The average Bonchev–Trinajstić information content (AvgIpc) is 2.58. The molecule has 0 saturated carbocycles. The van der Waals surface area contributed by atoms with Gasteiger partial charge in [0, 0.05) is 48.9 Å². The smallest absolute Gasteiger partial charge is 0.137 e. The fraction of sp³-hybridized carbons (Fsp3) is 0.714. The molecule has 1 aromatic rings. The zero-order valence-corrected chi connectivity index (χ0v) is 9.10. The van der Waals surface area contributed by atoms with Crippen LogP contribution in [0.1, 0.15) is 18.2 Å². The van der Waals surface area contributed by atoms with Crippen molar-refractivity contribution in [2.24, 2.45) is 7.05 Å². The van der Waals surface area contributed by atoms with E-state index in [-0.39, 0.29) is 0 Å². The van der Waals surface area contributed by atoms with Gasteiger partial charge in [0.2, 0.25) is 0 Å². The van der Waals surface area contributed by atoms with Gasteiger partial charge in [-0.25, -0.2) is 3.11 Å². The van der Waals surface area contributed by atoms with Crippen LogP contribution in [0.25, 0.3) is 0 Å². The molecule has 1 atom stereocenters. The first-order valence-corrected chi connectivity index (χ1v) is 4.98. The van der Waals surface area contributed by atoms with Gasteiger partial charge >= 0.3 is 0 Å². The van der Waals surface area contributed by atoms with E-state index in [1.54, 1.807) is 6.33 Å². The topological polar surface area (TPSA) is 34.0 Å². The van der Waals surface area contributed by atoms with Crippen LogP contribution in [0.4, 0.5) is 0 Å². The Labute approximate surface area is 85.5 Å². The van der Waals surface area contributed by atoms with Gasteiger partial charge in [-0.1, -0.05) is 0 Å². The zero-order chi connectivity index (χ0) is 8.55. The number of halogens is 1. The number of aryl methyl sites for hydroxylation is 1. The van der Waals surface area contributed by atoms with Crippen molar-refractivity contribution in [3.05, 3.63) is 12.2 Å². The number of nitrogens with zero attached hydrogens (tertiary/aromatic N) is 4. The molecule has 0 aliphatic carbocycles. The third kappa shape index (κ3) is 1.47. The van der Waals surface area contributed by atoms with Gasteiger partial charge in [0.05, 0.1) is 0 Å². The summed E-state index contributed by atoms with van der Waals surface area (Å²) in [6.07, 6.45) is 2.97. The Morgan fingerprint density at radius 1 is 1.67 bits per heavy atom. The molecule has 5 heteroatoms. The van der Waals surface area contributed by atoms with Crippen molar-refractivity contribution in [1.82, 2.24) is 17.9 Å². The van der Waals surface area contributed by atoms with Crippen LogP contribution in [0, 0.1) is 0 Å². The first-order valence-electron chi connectivity index (χ1n) is 4.02. The predicted octanol–water partition coefficient (Wildman–Crippen LogP) is 0.954. The third-order valence-electron chi connectivity index (χ3n) is 2.25. The van der Waals surface area contributed by atoms with Crippen LogP contribution < -0.4 is 0 Å². The van der Waals surface area contributed by atoms with Crippen molar-refractivity contribution in [1.29, 1.82) is 0 Å². The normalized spacial score (nSPS) is 25.0. The maximum atomic E-state index is 4.12. The van der Waals surface area contributed by atoms with E-state index >= 15 is 0 Å². The maximum absolute atomic E-state index is 4.12. The molecule has 0 radical (unpaired) electrons. The van der Waals surface area contributed by atoms with Gasteiger partial charge in [-0.3, -0.25) is 0 Å². The fourth-order valence-electron chi connectivity index (χ4n) is 1.59. The number of aromatic nitrogens is 3. The van der Waals surface area contributed by atoms with Crippen molar-refractivity contribution in [3.63, 3.8) is 0 Å². The van der Waals surface area contributed by atoms with Crippen molar-refractivity contribution in [3.8, 4) is 0 Å². The summed E-state index contributed by atoms with van der Waals surface area (Å²) in [4.78, 5) is 0. The molecule has 1 aliphatic rings. The average molecular weight is 278 g/mol. The molecule has 2 rings (SSSR count). The number of hydrogen-bond donors (Lipinski definition) is 0. The van der Waals surface area contributed by atoms with E-state index in [2.05, 4.69) is 36.2 Å². The Bertz CT molecular complexity index is 272. The Morgan fingerprint density at radius 3 is 3.00 bits per heavy atom. The lowest BCUT2D eigenvalue weighted by atomic mass is 10.1. The third-order valence-corrected chi connectivity index (χ3v) is 3.13. The molecular formula is C7H11IN4. The summed E-state index contributed by atoms with van der Waals surface area (Å²) in [5.41, 5.74) is 0. The lowest BCUT2D eigenvalue weighted by molar-refractivity contribution is 0.597. The molecule has 12 heavy (non-hydrogen) atoms. The summed E-state index contributed by atoms with van der Waals surface area (Å²) < 4.78 is 4.32. The molecule has 1 saturated heterocycles. The molecule has 1 aromatic heterocycles. The van der Waals surface area contributed by atoms with Crippen LogP contribution in [0.5, 0.6) is 0 Å². The summed E-state index contributed by atoms with van der Waals surface area (Å²) >= 11 is 2.36. The van der Waals surface area contributed by atoms with Crippen LogP contribution in [-0.2, 0) is 7.05 Å². The van der Waals surface area contributed by atoms with Gasteiger partial charge in [0.25, 0.3) is 0 Å². The minimum absolute atomic E-state index is 0.578. The Morgan fingerprint density at radius 2 is 2.50 bits per heavy atom. The first-order chi connectivity index (χ1) is 5.77. The molecule has 0 aromatic carbocycles. The summed E-state index contributed by atoms with van der Waals surface area (Å²) in [6.45, 7) is 2.27. The summed E-state index contributed by atoms with van der Waals surface area (Å²) in [6, 6.07) is 0. The summed E-state index contributed by atoms with van der Waals surface area (Å²) in [5.74, 6) is 1.70. The second-order valence-corrected chi connectivity index (χ2v) is 4.52. The Balaban J connectivity index is 2.16. The van der Waals surface area contributed by atoms with Crippen LogP contribution in [0.3, 0.4) is 0 Å². The van der Waals surface area contributed by atoms with Gasteiger partial charge in [-0.05, 0) is 6.42 Å². The van der Waals surface area contributed by atoms with Crippen LogP contribution in [0.2, 0.25) is 0 Å². The van der Waals surface area contributed by atoms with Gasteiger partial charge in [0.15, 0.2) is 0 Å². The molecule has 66 valence electrons. The van der Waals surface area contributed by atoms with Crippen LogP contribution in [-0.4, -0.2) is 31.0 Å². The molecule has 1 unspecified atom stereocenters.